The fourth-order valence-corrected chi connectivity index (χ4v) is 3.70. The molecular weight excluding hydrogens is 356 g/mol. The quantitative estimate of drug-likeness (QED) is 0.808. The minimum Gasteiger partial charge on any atom is -0.454 e. The van der Waals surface area contributed by atoms with Crippen LogP contribution in [0.2, 0.25) is 0 Å². The third-order valence-corrected chi connectivity index (χ3v) is 5.63. The molecule has 1 aliphatic heterocycles. The first kappa shape index (κ1) is 18.2. The lowest BCUT2D eigenvalue weighted by atomic mass is 10.2. The zero-order valence-electron chi connectivity index (χ0n) is 14.5. The molecule has 0 saturated heterocycles. The van der Waals surface area contributed by atoms with Crippen molar-refractivity contribution in [2.75, 3.05) is 12.1 Å². The Morgan fingerprint density at radius 3 is 2.50 bits per heavy atom. The Morgan fingerprint density at radius 2 is 1.81 bits per heavy atom. The molecule has 7 nitrogen and oxygen atoms in total. The molecule has 1 aliphatic rings. The van der Waals surface area contributed by atoms with E-state index < -0.39 is 10.0 Å². The van der Waals surface area contributed by atoms with Gasteiger partial charge in [0.1, 0.15) is 0 Å². The summed E-state index contributed by atoms with van der Waals surface area (Å²) in [6, 6.07) is 10.8. The number of fused-ring (bicyclic) bond motifs is 1. The highest BCUT2D eigenvalue weighted by atomic mass is 32.2. The molecule has 0 saturated carbocycles. The van der Waals surface area contributed by atoms with Gasteiger partial charge in [0.2, 0.25) is 16.8 Å². The number of benzene rings is 2. The van der Waals surface area contributed by atoms with Crippen molar-refractivity contribution in [2.24, 2.45) is 0 Å². The minimum atomic E-state index is -3.57. The number of nitrogens with one attached hydrogen (secondary N) is 2. The second-order valence-electron chi connectivity index (χ2n) is 5.98. The van der Waals surface area contributed by atoms with Gasteiger partial charge in [-0.15, -0.1) is 0 Å². The summed E-state index contributed by atoms with van der Waals surface area (Å²) in [6.07, 6.45) is 0.697. The molecule has 0 bridgehead atoms. The average Bonchev–Trinajstić information content (AvgIpc) is 3.09. The Kier molecular flexibility index (Phi) is 5.15. The number of hydrogen-bond donors (Lipinski definition) is 2. The maximum atomic E-state index is 12.3. The van der Waals surface area contributed by atoms with Crippen molar-refractivity contribution < 1.29 is 22.7 Å². The van der Waals surface area contributed by atoms with E-state index in [2.05, 4.69) is 10.0 Å². The van der Waals surface area contributed by atoms with Crippen LogP contribution < -0.4 is 19.5 Å². The predicted molar refractivity (Wildman–Crippen MR) is 97.0 cm³/mol. The number of rotatable bonds is 6. The number of amides is 1. The van der Waals surface area contributed by atoms with Gasteiger partial charge in [0.05, 0.1) is 4.90 Å². The van der Waals surface area contributed by atoms with Crippen molar-refractivity contribution in [2.45, 2.75) is 31.2 Å². The summed E-state index contributed by atoms with van der Waals surface area (Å²) in [6.45, 7) is 3.85. The van der Waals surface area contributed by atoms with E-state index in [4.69, 9.17) is 9.47 Å². The lowest BCUT2D eigenvalue weighted by molar-refractivity contribution is 0.102. The average molecular weight is 376 g/mol. The van der Waals surface area contributed by atoms with Crippen molar-refractivity contribution in [3.05, 3.63) is 48.0 Å². The maximum Gasteiger partial charge on any atom is 0.255 e. The molecule has 2 aromatic rings. The molecule has 138 valence electrons. The molecule has 1 atom stereocenters. The maximum absolute atomic E-state index is 12.3. The smallest absolute Gasteiger partial charge is 0.255 e. The Bertz CT molecular complexity index is 910. The molecule has 8 heteroatoms. The lowest BCUT2D eigenvalue weighted by Crippen LogP contribution is -2.31. The molecule has 0 aromatic heterocycles. The molecule has 3 rings (SSSR count). The number of ether oxygens (including phenoxy) is 2. The van der Waals surface area contributed by atoms with Crippen molar-refractivity contribution in [1.29, 1.82) is 0 Å². The first-order chi connectivity index (χ1) is 12.4. The van der Waals surface area contributed by atoms with Gasteiger partial charge >= 0.3 is 0 Å². The van der Waals surface area contributed by atoms with Crippen molar-refractivity contribution in [1.82, 2.24) is 4.72 Å². The predicted octanol–water partition coefficient (Wildman–Crippen LogP) is 2.74. The van der Waals surface area contributed by atoms with Gasteiger partial charge in [0.15, 0.2) is 11.5 Å². The highest BCUT2D eigenvalue weighted by molar-refractivity contribution is 7.89. The Labute approximate surface area is 152 Å². The normalized spacial score (nSPS) is 14.1. The van der Waals surface area contributed by atoms with Gasteiger partial charge in [0.25, 0.3) is 5.91 Å². The van der Waals surface area contributed by atoms with Gasteiger partial charge < -0.3 is 14.8 Å². The molecule has 0 unspecified atom stereocenters. The first-order valence-electron chi connectivity index (χ1n) is 8.22. The second-order valence-corrected chi connectivity index (χ2v) is 7.69. The van der Waals surface area contributed by atoms with Crippen molar-refractivity contribution in [3.8, 4) is 11.5 Å². The molecule has 2 aromatic carbocycles. The van der Waals surface area contributed by atoms with Crippen LogP contribution in [0.4, 0.5) is 5.69 Å². The Morgan fingerprint density at radius 1 is 1.12 bits per heavy atom. The number of sulfonamides is 1. The zero-order valence-corrected chi connectivity index (χ0v) is 15.3. The Balaban J connectivity index is 1.70. The van der Waals surface area contributed by atoms with Gasteiger partial charge in [-0.25, -0.2) is 13.1 Å². The molecule has 2 N–H and O–H groups in total. The molecule has 0 radical (unpaired) electrons. The van der Waals surface area contributed by atoms with Crippen LogP contribution in [-0.4, -0.2) is 27.2 Å². The Hall–Kier alpha value is -2.58. The summed E-state index contributed by atoms with van der Waals surface area (Å²) in [5.74, 6) is 0.803. The molecule has 26 heavy (non-hydrogen) atoms. The van der Waals surface area contributed by atoms with Crippen LogP contribution in [0, 0.1) is 0 Å². The van der Waals surface area contributed by atoms with E-state index in [-0.39, 0.29) is 23.6 Å². The third-order valence-electron chi connectivity index (χ3n) is 4.03. The van der Waals surface area contributed by atoms with E-state index in [9.17, 15) is 13.2 Å². The van der Waals surface area contributed by atoms with E-state index >= 15 is 0 Å². The van der Waals surface area contributed by atoms with Gasteiger partial charge in [-0.2, -0.15) is 0 Å². The summed E-state index contributed by atoms with van der Waals surface area (Å²) >= 11 is 0. The second kappa shape index (κ2) is 7.35. The highest BCUT2D eigenvalue weighted by Gasteiger charge is 2.18. The van der Waals surface area contributed by atoms with E-state index in [1.165, 1.54) is 12.1 Å². The van der Waals surface area contributed by atoms with Crippen LogP contribution in [0.15, 0.2) is 47.4 Å². The van der Waals surface area contributed by atoms with Gasteiger partial charge in [-0.1, -0.05) is 6.92 Å². The van der Waals surface area contributed by atoms with Crippen LogP contribution >= 0.6 is 0 Å². The summed E-state index contributed by atoms with van der Waals surface area (Å²) in [5, 5.41) is 2.73. The number of carbonyl (C=O) groups is 1. The highest BCUT2D eigenvalue weighted by Crippen LogP contribution is 2.32. The molecule has 0 spiro atoms. The van der Waals surface area contributed by atoms with Crippen LogP contribution in [0.3, 0.4) is 0 Å². The minimum absolute atomic E-state index is 0.140. The molecule has 1 amide bonds. The van der Waals surface area contributed by atoms with Crippen molar-refractivity contribution >= 4 is 21.6 Å². The SMILES string of the molecule is CC[C@@H](C)NS(=O)(=O)c1ccc(NC(=O)c2ccc3c(c2)OCO3)cc1. The standard InChI is InChI=1S/C18H20N2O5S/c1-3-12(2)20-26(22,23)15-7-5-14(6-8-15)19-18(21)13-4-9-16-17(10-13)25-11-24-16/h4-10,12,20H,3,11H2,1-2H3,(H,19,21)/t12-/m1/s1. The van der Waals surface area contributed by atoms with Gasteiger partial charge in [0, 0.05) is 17.3 Å². The van der Waals surface area contributed by atoms with Crippen LogP contribution in [0.25, 0.3) is 0 Å². The van der Waals surface area contributed by atoms with Crippen LogP contribution in [-0.2, 0) is 10.0 Å². The van der Waals surface area contributed by atoms with Crippen molar-refractivity contribution in [3.63, 3.8) is 0 Å². The lowest BCUT2D eigenvalue weighted by Gasteiger charge is -2.12. The summed E-state index contributed by atoms with van der Waals surface area (Å²) in [7, 11) is -3.57. The van der Waals surface area contributed by atoms with Gasteiger partial charge in [-0.3, -0.25) is 4.79 Å². The largest absolute Gasteiger partial charge is 0.454 e. The zero-order chi connectivity index (χ0) is 18.7. The van der Waals surface area contributed by atoms with E-state index in [0.717, 1.165) is 0 Å². The fourth-order valence-electron chi connectivity index (χ4n) is 2.37. The van der Waals surface area contributed by atoms with Gasteiger partial charge in [-0.05, 0) is 55.8 Å². The van der Waals surface area contributed by atoms with E-state index in [1.807, 2.05) is 6.92 Å². The monoisotopic (exact) mass is 376 g/mol. The fraction of sp³-hybridized carbons (Fsp3) is 0.278. The third kappa shape index (κ3) is 3.97. The van der Waals surface area contributed by atoms with E-state index in [0.29, 0.717) is 29.2 Å². The summed E-state index contributed by atoms with van der Waals surface area (Å²) < 4.78 is 37.5. The number of carbonyl (C=O) groups excluding carboxylic acids is 1. The molecular formula is C18H20N2O5S. The number of hydrogen-bond acceptors (Lipinski definition) is 5. The van der Waals surface area contributed by atoms with E-state index in [1.54, 1.807) is 37.3 Å². The summed E-state index contributed by atoms with van der Waals surface area (Å²) in [5.41, 5.74) is 0.916. The topological polar surface area (TPSA) is 93.7 Å². The molecule has 0 fully saturated rings. The first-order valence-corrected chi connectivity index (χ1v) is 9.71. The van der Waals surface area contributed by atoms with Crippen LogP contribution in [0.1, 0.15) is 30.6 Å². The van der Waals surface area contributed by atoms with Crippen LogP contribution in [0.5, 0.6) is 11.5 Å². The molecule has 0 aliphatic carbocycles. The number of anilines is 1. The summed E-state index contributed by atoms with van der Waals surface area (Å²) in [4.78, 5) is 12.5. The molecule has 1 heterocycles.